The van der Waals surface area contributed by atoms with Crippen LogP contribution in [0, 0.1) is 17.8 Å². The summed E-state index contributed by atoms with van der Waals surface area (Å²) in [6, 6.07) is 0.353. The number of hydrogen-bond donors (Lipinski definition) is 2. The number of hydrogen-bond acceptors (Lipinski definition) is 5. The Kier molecular flexibility index (Phi) is 15.8. The molecular formula is C26H47N3OS2. The quantitative estimate of drug-likeness (QED) is 0.119. The van der Waals surface area contributed by atoms with Gasteiger partial charge in [0.1, 0.15) is 6.26 Å². The van der Waals surface area contributed by atoms with Crippen molar-refractivity contribution in [3.8, 4) is 0 Å². The molecular weight excluding hydrogens is 434 g/mol. The summed E-state index contributed by atoms with van der Waals surface area (Å²) in [6.07, 6.45) is 17.7. The Morgan fingerprint density at radius 1 is 1.09 bits per heavy atom. The highest BCUT2D eigenvalue weighted by Crippen LogP contribution is 2.22. The second kappa shape index (κ2) is 17.5. The second-order valence-corrected chi connectivity index (χ2v) is 11.4. The number of anilines is 1. The predicted molar refractivity (Wildman–Crippen MR) is 147 cm³/mol. The minimum absolute atomic E-state index is 0.110. The van der Waals surface area contributed by atoms with Crippen molar-refractivity contribution in [2.75, 3.05) is 16.8 Å². The molecule has 3 atom stereocenters. The van der Waals surface area contributed by atoms with Gasteiger partial charge in [0.15, 0.2) is 0 Å². The van der Waals surface area contributed by atoms with Crippen LogP contribution in [-0.2, 0) is 0 Å². The lowest BCUT2D eigenvalue weighted by Crippen LogP contribution is -2.36. The van der Waals surface area contributed by atoms with Gasteiger partial charge in [-0.3, -0.25) is 0 Å². The Labute approximate surface area is 207 Å². The normalized spacial score (nSPS) is 15.0. The SMILES string of the molecule is C/C(=C\CSCC(Nc1ncco1)C(N)=S)CCCC(C)CCCC(C)CCCC(C)C. The standard InChI is InChI=1S/C26H47N3OS2/c1-20(2)9-6-10-21(3)11-7-12-22(4)13-8-14-23(5)15-18-32-19-24(25(27)31)29-26-28-16-17-30-26/h15-17,20-22,24H,6-14,18-19H2,1-5H3,(H2,27,31)(H,28,29)/b23-15+. The van der Waals surface area contributed by atoms with E-state index in [1.165, 1.54) is 69.6 Å². The van der Waals surface area contributed by atoms with E-state index in [2.05, 4.69) is 51.0 Å². The number of allylic oxidation sites excluding steroid dienone is 1. The van der Waals surface area contributed by atoms with Gasteiger partial charge in [0, 0.05) is 11.5 Å². The Morgan fingerprint density at radius 2 is 1.72 bits per heavy atom. The highest BCUT2D eigenvalue weighted by molar-refractivity contribution is 7.99. The molecule has 0 aromatic carbocycles. The van der Waals surface area contributed by atoms with Crippen molar-refractivity contribution in [1.29, 1.82) is 0 Å². The van der Waals surface area contributed by atoms with E-state index in [0.29, 0.717) is 11.0 Å². The molecule has 1 heterocycles. The van der Waals surface area contributed by atoms with E-state index >= 15 is 0 Å². The van der Waals surface area contributed by atoms with Gasteiger partial charge in [0.05, 0.1) is 17.2 Å². The Morgan fingerprint density at radius 3 is 2.28 bits per heavy atom. The van der Waals surface area contributed by atoms with Crippen LogP contribution in [0.25, 0.3) is 0 Å². The van der Waals surface area contributed by atoms with E-state index in [0.717, 1.165) is 29.3 Å². The fourth-order valence-electron chi connectivity index (χ4n) is 3.84. The number of nitrogens with zero attached hydrogens (tertiary/aromatic N) is 1. The fraction of sp³-hybridized carbons (Fsp3) is 0.769. The zero-order valence-electron chi connectivity index (χ0n) is 21.1. The highest BCUT2D eigenvalue weighted by atomic mass is 32.2. The van der Waals surface area contributed by atoms with Gasteiger partial charge < -0.3 is 15.5 Å². The average Bonchev–Trinajstić information content (AvgIpc) is 3.23. The van der Waals surface area contributed by atoms with Crippen LogP contribution < -0.4 is 11.1 Å². The minimum atomic E-state index is -0.110. The summed E-state index contributed by atoms with van der Waals surface area (Å²) in [6.45, 7) is 11.8. The summed E-state index contributed by atoms with van der Waals surface area (Å²) in [7, 11) is 0. The van der Waals surface area contributed by atoms with Crippen molar-refractivity contribution >= 4 is 35.0 Å². The van der Waals surface area contributed by atoms with Crippen LogP contribution in [0.4, 0.5) is 6.01 Å². The van der Waals surface area contributed by atoms with Crippen molar-refractivity contribution in [2.45, 2.75) is 98.4 Å². The van der Waals surface area contributed by atoms with E-state index < -0.39 is 0 Å². The molecule has 32 heavy (non-hydrogen) atoms. The molecule has 1 aromatic rings. The van der Waals surface area contributed by atoms with E-state index in [-0.39, 0.29) is 6.04 Å². The molecule has 4 nitrogen and oxygen atoms in total. The summed E-state index contributed by atoms with van der Waals surface area (Å²) < 4.78 is 5.22. The Bertz CT molecular complexity index is 631. The number of rotatable bonds is 19. The van der Waals surface area contributed by atoms with E-state index in [1.807, 2.05) is 11.8 Å². The van der Waals surface area contributed by atoms with Crippen LogP contribution in [0.3, 0.4) is 0 Å². The molecule has 0 radical (unpaired) electrons. The number of thiocarbonyl (C=S) groups is 1. The molecule has 0 aliphatic heterocycles. The molecule has 0 spiro atoms. The molecule has 0 bridgehead atoms. The second-order valence-electron chi connectivity index (χ2n) is 9.88. The Balaban J connectivity index is 2.10. The minimum Gasteiger partial charge on any atom is -0.432 e. The fourth-order valence-corrected chi connectivity index (χ4v) is 5.12. The summed E-state index contributed by atoms with van der Waals surface area (Å²) in [4.78, 5) is 4.51. The first kappa shape index (κ1) is 29.0. The molecule has 3 N–H and O–H groups in total. The van der Waals surface area contributed by atoms with Gasteiger partial charge in [0.25, 0.3) is 6.01 Å². The van der Waals surface area contributed by atoms with Crippen LogP contribution >= 0.6 is 24.0 Å². The molecule has 0 fully saturated rings. The number of aromatic nitrogens is 1. The number of nitrogens with two attached hydrogens (primary N) is 1. The summed E-state index contributed by atoms with van der Waals surface area (Å²) in [5.74, 6) is 4.35. The third-order valence-electron chi connectivity index (χ3n) is 6.05. The maximum Gasteiger partial charge on any atom is 0.295 e. The molecule has 6 heteroatoms. The first-order valence-electron chi connectivity index (χ1n) is 12.5. The van der Waals surface area contributed by atoms with Gasteiger partial charge in [-0.15, -0.1) is 0 Å². The number of thioether (sulfide) groups is 1. The first-order valence-corrected chi connectivity index (χ1v) is 14.0. The first-order chi connectivity index (χ1) is 15.3. The molecule has 0 amide bonds. The molecule has 3 unspecified atom stereocenters. The van der Waals surface area contributed by atoms with E-state index in [1.54, 1.807) is 6.20 Å². The van der Waals surface area contributed by atoms with Crippen molar-refractivity contribution in [1.82, 2.24) is 4.98 Å². The number of nitrogens with one attached hydrogen (secondary N) is 1. The largest absolute Gasteiger partial charge is 0.432 e. The van der Waals surface area contributed by atoms with Crippen molar-refractivity contribution in [3.05, 3.63) is 24.1 Å². The smallest absolute Gasteiger partial charge is 0.295 e. The van der Waals surface area contributed by atoms with Gasteiger partial charge in [0.2, 0.25) is 0 Å². The lowest BCUT2D eigenvalue weighted by molar-refractivity contribution is 0.389. The lowest BCUT2D eigenvalue weighted by atomic mass is 9.91. The van der Waals surface area contributed by atoms with Gasteiger partial charge in [-0.05, 0) is 37.5 Å². The molecule has 1 aromatic heterocycles. The Hall–Kier alpha value is -1.01. The third-order valence-corrected chi connectivity index (χ3v) is 7.30. The van der Waals surface area contributed by atoms with Crippen molar-refractivity contribution < 1.29 is 4.42 Å². The third kappa shape index (κ3) is 14.9. The molecule has 0 saturated carbocycles. The van der Waals surface area contributed by atoms with E-state index in [9.17, 15) is 0 Å². The molecule has 0 aliphatic carbocycles. The lowest BCUT2D eigenvalue weighted by Gasteiger charge is -2.15. The van der Waals surface area contributed by atoms with Gasteiger partial charge in [-0.25, -0.2) is 4.98 Å². The average molecular weight is 482 g/mol. The molecule has 0 aliphatic rings. The van der Waals surface area contributed by atoms with Gasteiger partial charge in [-0.2, -0.15) is 11.8 Å². The monoisotopic (exact) mass is 481 g/mol. The summed E-state index contributed by atoms with van der Waals surface area (Å²) >= 11 is 6.99. The zero-order valence-corrected chi connectivity index (χ0v) is 22.7. The van der Waals surface area contributed by atoms with Crippen LogP contribution in [0.1, 0.15) is 92.4 Å². The summed E-state index contributed by atoms with van der Waals surface area (Å²) in [5.41, 5.74) is 7.33. The zero-order chi connectivity index (χ0) is 23.8. The van der Waals surface area contributed by atoms with Crippen LogP contribution in [0.5, 0.6) is 0 Å². The van der Waals surface area contributed by atoms with Crippen molar-refractivity contribution in [2.24, 2.45) is 23.5 Å². The summed E-state index contributed by atoms with van der Waals surface area (Å²) in [5, 5.41) is 3.15. The predicted octanol–water partition coefficient (Wildman–Crippen LogP) is 7.86. The number of oxazole rings is 1. The topological polar surface area (TPSA) is 64.1 Å². The van der Waals surface area contributed by atoms with Crippen molar-refractivity contribution in [3.63, 3.8) is 0 Å². The molecule has 184 valence electrons. The molecule has 1 rings (SSSR count). The van der Waals surface area contributed by atoms with Gasteiger partial charge in [-0.1, -0.05) is 96.5 Å². The maximum absolute atomic E-state index is 5.84. The highest BCUT2D eigenvalue weighted by Gasteiger charge is 2.13. The van der Waals surface area contributed by atoms with Crippen LogP contribution in [0.2, 0.25) is 0 Å². The maximum atomic E-state index is 5.84. The van der Waals surface area contributed by atoms with Gasteiger partial charge >= 0.3 is 0 Å². The molecule has 0 saturated heterocycles. The van der Waals surface area contributed by atoms with E-state index in [4.69, 9.17) is 22.4 Å². The van der Waals surface area contributed by atoms with Crippen LogP contribution in [-0.4, -0.2) is 27.5 Å². The van der Waals surface area contributed by atoms with Crippen LogP contribution in [0.15, 0.2) is 28.5 Å².